The number of oxazole rings is 1. The quantitative estimate of drug-likeness (QED) is 0.847. The number of aromatic nitrogens is 1. The summed E-state index contributed by atoms with van der Waals surface area (Å²) in [6, 6.07) is -0.312. The first kappa shape index (κ1) is 15.0. The minimum atomic E-state index is -0.809. The van der Waals surface area contributed by atoms with Crippen LogP contribution in [0.4, 0.5) is 4.79 Å². The molecule has 120 valence electrons. The standard InChI is InChI=1S/C15H22N4O3/c1-10-7-16-12(22-10)9-19-6-4-5-11(8-19)15(2)13(20)18(3)14(21)17-15/h7,11H,4-6,8-9H2,1-3H3,(H,17,21)/t11-,15+/m0/s1. The highest BCUT2D eigenvalue weighted by Crippen LogP contribution is 2.32. The Labute approximate surface area is 129 Å². The Morgan fingerprint density at radius 3 is 2.86 bits per heavy atom. The number of imide groups is 1. The lowest BCUT2D eigenvalue weighted by Gasteiger charge is -2.39. The number of rotatable bonds is 3. The maximum atomic E-state index is 12.4. The summed E-state index contributed by atoms with van der Waals surface area (Å²) in [5.74, 6) is 1.45. The molecule has 0 spiro atoms. The number of piperidine rings is 1. The molecule has 7 heteroatoms. The van der Waals surface area contributed by atoms with Gasteiger partial charge in [-0.15, -0.1) is 0 Å². The number of urea groups is 1. The maximum absolute atomic E-state index is 12.4. The number of carbonyl (C=O) groups is 2. The van der Waals surface area contributed by atoms with Crippen molar-refractivity contribution < 1.29 is 14.0 Å². The molecule has 2 saturated heterocycles. The van der Waals surface area contributed by atoms with E-state index in [1.807, 2.05) is 13.8 Å². The molecule has 2 atom stereocenters. The van der Waals surface area contributed by atoms with Crippen LogP contribution in [0.5, 0.6) is 0 Å². The van der Waals surface area contributed by atoms with Gasteiger partial charge in [0.1, 0.15) is 11.3 Å². The average molecular weight is 306 g/mol. The van der Waals surface area contributed by atoms with Crippen LogP contribution < -0.4 is 5.32 Å². The second-order valence-corrected chi connectivity index (χ2v) is 6.44. The number of hydrogen-bond acceptors (Lipinski definition) is 5. The third-order valence-electron chi connectivity index (χ3n) is 4.77. The number of aryl methyl sites for hydroxylation is 1. The van der Waals surface area contributed by atoms with Gasteiger partial charge in [-0.2, -0.15) is 0 Å². The van der Waals surface area contributed by atoms with E-state index in [4.69, 9.17) is 4.42 Å². The molecule has 22 heavy (non-hydrogen) atoms. The molecule has 0 radical (unpaired) electrons. The van der Waals surface area contributed by atoms with Crippen molar-refractivity contribution >= 4 is 11.9 Å². The normalized spacial score (nSPS) is 30.0. The lowest BCUT2D eigenvalue weighted by molar-refractivity contribution is -0.132. The van der Waals surface area contributed by atoms with Gasteiger partial charge in [-0.3, -0.25) is 14.6 Å². The van der Waals surface area contributed by atoms with Crippen molar-refractivity contribution in [2.24, 2.45) is 5.92 Å². The van der Waals surface area contributed by atoms with Crippen LogP contribution in [0, 0.1) is 12.8 Å². The summed E-state index contributed by atoms with van der Waals surface area (Å²) in [5, 5.41) is 2.86. The molecule has 3 amide bonds. The zero-order valence-corrected chi connectivity index (χ0v) is 13.3. The lowest BCUT2D eigenvalue weighted by atomic mass is 9.80. The van der Waals surface area contributed by atoms with Gasteiger partial charge in [0, 0.05) is 19.5 Å². The number of hydrogen-bond donors (Lipinski definition) is 1. The molecule has 0 unspecified atom stereocenters. The fourth-order valence-corrected chi connectivity index (χ4v) is 3.41. The minimum absolute atomic E-state index is 0.0960. The van der Waals surface area contributed by atoms with E-state index in [1.165, 1.54) is 11.9 Å². The molecule has 0 aliphatic carbocycles. The summed E-state index contributed by atoms with van der Waals surface area (Å²) in [6.07, 6.45) is 3.64. The summed E-state index contributed by atoms with van der Waals surface area (Å²) < 4.78 is 5.53. The van der Waals surface area contributed by atoms with Crippen LogP contribution in [0.1, 0.15) is 31.4 Å². The number of nitrogens with zero attached hydrogens (tertiary/aromatic N) is 3. The average Bonchev–Trinajstić information content (AvgIpc) is 2.98. The van der Waals surface area contributed by atoms with Crippen LogP contribution in [0.25, 0.3) is 0 Å². The Morgan fingerprint density at radius 1 is 1.50 bits per heavy atom. The first-order chi connectivity index (χ1) is 10.4. The van der Waals surface area contributed by atoms with Crippen LogP contribution in [0.3, 0.4) is 0 Å². The van der Waals surface area contributed by atoms with Gasteiger partial charge in [-0.05, 0) is 33.2 Å². The topological polar surface area (TPSA) is 78.7 Å². The van der Waals surface area contributed by atoms with Crippen LogP contribution >= 0.6 is 0 Å². The Morgan fingerprint density at radius 2 is 2.27 bits per heavy atom. The zero-order valence-electron chi connectivity index (χ0n) is 13.3. The van der Waals surface area contributed by atoms with Crippen LogP contribution in [-0.2, 0) is 11.3 Å². The molecule has 2 aliphatic rings. The monoisotopic (exact) mass is 306 g/mol. The molecule has 1 aromatic heterocycles. The van der Waals surface area contributed by atoms with E-state index in [1.54, 1.807) is 6.20 Å². The van der Waals surface area contributed by atoms with Gasteiger partial charge in [0.25, 0.3) is 5.91 Å². The Kier molecular flexibility index (Phi) is 3.68. The van der Waals surface area contributed by atoms with E-state index < -0.39 is 5.54 Å². The number of amides is 3. The van der Waals surface area contributed by atoms with Gasteiger partial charge in [0.2, 0.25) is 5.89 Å². The molecule has 0 aromatic carbocycles. The first-order valence-corrected chi connectivity index (χ1v) is 7.64. The first-order valence-electron chi connectivity index (χ1n) is 7.64. The van der Waals surface area contributed by atoms with Crippen molar-refractivity contribution in [3.63, 3.8) is 0 Å². The Hall–Kier alpha value is -1.89. The highest BCUT2D eigenvalue weighted by molar-refractivity contribution is 6.06. The third kappa shape index (κ3) is 2.49. The van der Waals surface area contributed by atoms with Gasteiger partial charge in [-0.1, -0.05) is 0 Å². The fourth-order valence-electron chi connectivity index (χ4n) is 3.41. The molecule has 3 rings (SSSR count). The van der Waals surface area contributed by atoms with Gasteiger partial charge in [0.05, 0.1) is 12.7 Å². The summed E-state index contributed by atoms with van der Waals surface area (Å²) in [4.78, 5) is 31.8. The predicted octanol–water partition coefficient (Wildman–Crippen LogP) is 1.14. The smallest absolute Gasteiger partial charge is 0.324 e. The molecular weight excluding hydrogens is 284 g/mol. The van der Waals surface area contributed by atoms with Crippen LogP contribution in [0.2, 0.25) is 0 Å². The second kappa shape index (κ2) is 5.39. The molecule has 0 saturated carbocycles. The number of likely N-dealkylation sites (tertiary alicyclic amines) is 1. The van der Waals surface area contributed by atoms with Crippen molar-refractivity contribution in [2.45, 2.75) is 38.8 Å². The van der Waals surface area contributed by atoms with Crippen molar-refractivity contribution in [2.75, 3.05) is 20.1 Å². The van der Waals surface area contributed by atoms with E-state index in [0.717, 1.165) is 31.7 Å². The number of likely N-dealkylation sites (N-methyl/N-ethyl adjacent to an activating group) is 1. The lowest BCUT2D eigenvalue weighted by Crippen LogP contribution is -2.55. The predicted molar refractivity (Wildman–Crippen MR) is 78.9 cm³/mol. The van der Waals surface area contributed by atoms with Crippen molar-refractivity contribution in [3.8, 4) is 0 Å². The highest BCUT2D eigenvalue weighted by atomic mass is 16.4. The largest absolute Gasteiger partial charge is 0.445 e. The van der Waals surface area contributed by atoms with Gasteiger partial charge >= 0.3 is 6.03 Å². The van der Waals surface area contributed by atoms with Crippen molar-refractivity contribution in [1.29, 1.82) is 0 Å². The Bertz CT molecular complexity index is 599. The van der Waals surface area contributed by atoms with E-state index >= 15 is 0 Å². The summed E-state index contributed by atoms with van der Waals surface area (Å²) in [6.45, 7) is 6.04. The molecule has 7 nitrogen and oxygen atoms in total. The molecule has 0 bridgehead atoms. The van der Waals surface area contributed by atoms with Crippen molar-refractivity contribution in [3.05, 3.63) is 17.8 Å². The highest BCUT2D eigenvalue weighted by Gasteiger charge is 2.51. The molecule has 2 aliphatic heterocycles. The van der Waals surface area contributed by atoms with E-state index in [-0.39, 0.29) is 17.9 Å². The van der Waals surface area contributed by atoms with E-state index in [0.29, 0.717) is 12.4 Å². The van der Waals surface area contributed by atoms with Crippen LogP contribution in [0.15, 0.2) is 10.6 Å². The van der Waals surface area contributed by atoms with Crippen molar-refractivity contribution in [1.82, 2.24) is 20.1 Å². The SMILES string of the molecule is Cc1cnc(CN2CCC[C@H]([C@@]3(C)NC(=O)N(C)C3=O)C2)o1. The van der Waals surface area contributed by atoms with E-state index in [9.17, 15) is 9.59 Å². The number of nitrogens with one attached hydrogen (secondary N) is 1. The second-order valence-electron chi connectivity index (χ2n) is 6.44. The third-order valence-corrected chi connectivity index (χ3v) is 4.77. The zero-order chi connectivity index (χ0) is 15.9. The molecule has 1 N–H and O–H groups in total. The van der Waals surface area contributed by atoms with Gasteiger partial charge in [-0.25, -0.2) is 9.78 Å². The molecule has 3 heterocycles. The van der Waals surface area contributed by atoms with E-state index in [2.05, 4.69) is 15.2 Å². The fraction of sp³-hybridized carbons (Fsp3) is 0.667. The summed E-state index contributed by atoms with van der Waals surface area (Å²) in [5.41, 5.74) is -0.809. The number of carbonyl (C=O) groups excluding carboxylic acids is 2. The Balaban J connectivity index is 1.70. The minimum Gasteiger partial charge on any atom is -0.445 e. The van der Waals surface area contributed by atoms with Gasteiger partial charge in [0.15, 0.2) is 0 Å². The summed E-state index contributed by atoms with van der Waals surface area (Å²) >= 11 is 0. The van der Waals surface area contributed by atoms with Gasteiger partial charge < -0.3 is 9.73 Å². The molecule has 2 fully saturated rings. The van der Waals surface area contributed by atoms with Crippen LogP contribution in [-0.4, -0.2) is 52.4 Å². The summed E-state index contributed by atoms with van der Waals surface area (Å²) in [7, 11) is 1.53. The molecular formula is C15H22N4O3. The molecule has 1 aromatic rings. The maximum Gasteiger partial charge on any atom is 0.324 e.